The van der Waals surface area contributed by atoms with Crippen molar-refractivity contribution in [2.24, 2.45) is 15.4 Å². The topological polar surface area (TPSA) is 57.4 Å². The first-order chi connectivity index (χ1) is 9.29. The van der Waals surface area contributed by atoms with Crippen molar-refractivity contribution in [3.8, 4) is 0 Å². The molecule has 1 aromatic rings. The predicted molar refractivity (Wildman–Crippen MR) is 75.3 cm³/mol. The first kappa shape index (κ1) is 11.3. The van der Waals surface area contributed by atoms with Gasteiger partial charge in [0.1, 0.15) is 5.71 Å². The summed E-state index contributed by atoms with van der Waals surface area (Å²) in [6.07, 6.45) is 2.09. The Hall–Kier alpha value is -1.53. The summed E-state index contributed by atoms with van der Waals surface area (Å²) in [4.78, 5) is 0.626. The van der Waals surface area contributed by atoms with Crippen molar-refractivity contribution in [1.82, 2.24) is 4.31 Å². The van der Waals surface area contributed by atoms with E-state index >= 15 is 0 Å². The van der Waals surface area contributed by atoms with Gasteiger partial charge in [0.2, 0.25) is 0 Å². The second-order valence-electron chi connectivity index (χ2n) is 5.05. The molecule has 0 aromatic heterocycles. The molecule has 0 aliphatic carbocycles. The lowest BCUT2D eigenvalue weighted by Gasteiger charge is -2.21. The second-order valence-corrected chi connectivity index (χ2v) is 7.47. The molecule has 4 rings (SSSR count). The predicted octanol–water partition coefficient (Wildman–Crippen LogP) is 1.82. The molecule has 98 valence electrons. The van der Waals surface area contributed by atoms with E-state index < -0.39 is 9.71 Å². The van der Waals surface area contributed by atoms with Crippen LogP contribution in [0.15, 0.2) is 45.8 Å². The molecule has 2 atom stereocenters. The third kappa shape index (κ3) is 1.53. The molecule has 3 heterocycles. The first-order valence-electron chi connectivity index (χ1n) is 6.47. The van der Waals surface area contributed by atoms with Crippen molar-refractivity contribution < 1.29 is 4.21 Å². The van der Waals surface area contributed by atoms with Gasteiger partial charge >= 0.3 is 0 Å². The van der Waals surface area contributed by atoms with Crippen LogP contribution < -0.4 is 0 Å². The van der Waals surface area contributed by atoms with Crippen LogP contribution in [0.5, 0.6) is 0 Å². The maximum Gasteiger partial charge on any atom is 0.179 e. The average molecular weight is 274 g/mol. The van der Waals surface area contributed by atoms with Gasteiger partial charge in [-0.1, -0.05) is 30.3 Å². The molecule has 0 radical (unpaired) electrons. The highest BCUT2D eigenvalue weighted by molar-refractivity contribution is 8.01. The van der Waals surface area contributed by atoms with Crippen LogP contribution in [0.25, 0.3) is 0 Å². The van der Waals surface area contributed by atoms with E-state index in [2.05, 4.69) is 19.7 Å². The lowest BCUT2D eigenvalue weighted by atomic mass is 10.1. The zero-order chi connectivity index (χ0) is 12.9. The maximum absolute atomic E-state index is 13.4. The Labute approximate surface area is 112 Å². The SMILES string of the molecule is O=S1(Cc2ccccc2)=C2N=NN=C2C2CCCN21. The van der Waals surface area contributed by atoms with Crippen LogP contribution in [0.1, 0.15) is 18.4 Å². The van der Waals surface area contributed by atoms with Gasteiger partial charge in [-0.05, 0) is 23.6 Å². The summed E-state index contributed by atoms with van der Waals surface area (Å²) < 4.78 is 15.5. The molecular formula is C13H14N4OS. The Morgan fingerprint density at radius 3 is 3.00 bits per heavy atom. The molecule has 19 heavy (non-hydrogen) atoms. The van der Waals surface area contributed by atoms with Crippen LogP contribution >= 0.6 is 0 Å². The Morgan fingerprint density at radius 1 is 1.32 bits per heavy atom. The monoisotopic (exact) mass is 274 g/mol. The minimum Gasteiger partial charge on any atom is -0.249 e. The van der Waals surface area contributed by atoms with Crippen molar-refractivity contribution in [1.29, 1.82) is 0 Å². The Bertz CT molecular complexity index is 701. The molecule has 1 fully saturated rings. The molecule has 6 heteroatoms. The molecule has 5 nitrogen and oxygen atoms in total. The number of rotatable bonds is 2. The normalized spacial score (nSPS) is 32.5. The molecular weight excluding hydrogens is 260 g/mol. The van der Waals surface area contributed by atoms with Crippen LogP contribution in [-0.2, 0) is 15.5 Å². The fraction of sp³-hybridized carbons (Fsp3) is 0.385. The van der Waals surface area contributed by atoms with Gasteiger partial charge in [-0.15, -0.1) is 10.2 Å². The maximum atomic E-state index is 13.4. The lowest BCUT2D eigenvalue weighted by Crippen LogP contribution is -2.33. The molecule has 1 saturated heterocycles. The summed E-state index contributed by atoms with van der Waals surface area (Å²) in [5.41, 5.74) is 1.92. The number of fused-ring (bicyclic) bond motifs is 3. The summed E-state index contributed by atoms with van der Waals surface area (Å²) in [6.45, 7) is 0.869. The van der Waals surface area contributed by atoms with E-state index in [-0.39, 0.29) is 6.04 Å². The third-order valence-electron chi connectivity index (χ3n) is 3.91. The molecule has 2 unspecified atom stereocenters. The van der Waals surface area contributed by atoms with Gasteiger partial charge in [0.05, 0.1) is 21.5 Å². The molecule has 3 aliphatic heterocycles. The van der Waals surface area contributed by atoms with Crippen LogP contribution in [0.4, 0.5) is 0 Å². The highest BCUT2D eigenvalue weighted by Crippen LogP contribution is 2.34. The van der Waals surface area contributed by atoms with Gasteiger partial charge in [0.15, 0.2) is 4.99 Å². The Morgan fingerprint density at radius 2 is 2.16 bits per heavy atom. The van der Waals surface area contributed by atoms with Crippen LogP contribution in [-0.4, -0.2) is 31.8 Å². The lowest BCUT2D eigenvalue weighted by molar-refractivity contribution is 0.494. The molecule has 0 saturated carbocycles. The summed E-state index contributed by atoms with van der Waals surface area (Å²) in [7, 11) is -2.30. The van der Waals surface area contributed by atoms with Crippen molar-refractivity contribution in [2.45, 2.75) is 24.6 Å². The molecule has 0 N–H and O–H groups in total. The zero-order valence-corrected chi connectivity index (χ0v) is 11.2. The van der Waals surface area contributed by atoms with E-state index in [0.717, 1.165) is 30.7 Å². The number of hydrogen-bond donors (Lipinski definition) is 0. The number of benzene rings is 1. The average Bonchev–Trinajstić information content (AvgIpc) is 3.11. The molecule has 0 bridgehead atoms. The van der Waals surface area contributed by atoms with Gasteiger partial charge in [0, 0.05) is 6.54 Å². The van der Waals surface area contributed by atoms with E-state index in [4.69, 9.17) is 0 Å². The van der Waals surface area contributed by atoms with Crippen molar-refractivity contribution >= 4 is 20.4 Å². The van der Waals surface area contributed by atoms with E-state index in [9.17, 15) is 4.21 Å². The van der Waals surface area contributed by atoms with Crippen LogP contribution in [0, 0.1) is 0 Å². The van der Waals surface area contributed by atoms with E-state index in [1.807, 2.05) is 30.3 Å². The van der Waals surface area contributed by atoms with E-state index in [1.54, 1.807) is 0 Å². The molecule has 0 amide bonds. The van der Waals surface area contributed by atoms with E-state index in [0.29, 0.717) is 10.7 Å². The van der Waals surface area contributed by atoms with Crippen molar-refractivity contribution in [3.05, 3.63) is 35.9 Å². The summed E-state index contributed by atoms with van der Waals surface area (Å²) >= 11 is 0. The highest BCUT2D eigenvalue weighted by Gasteiger charge is 2.47. The first-order valence-corrected chi connectivity index (χ1v) is 8.16. The van der Waals surface area contributed by atoms with Crippen LogP contribution in [0.2, 0.25) is 0 Å². The molecule has 1 aromatic carbocycles. The van der Waals surface area contributed by atoms with Crippen molar-refractivity contribution in [3.63, 3.8) is 0 Å². The van der Waals surface area contributed by atoms with E-state index in [1.165, 1.54) is 0 Å². The van der Waals surface area contributed by atoms with Gasteiger partial charge in [0.25, 0.3) is 0 Å². The number of nitrogens with zero attached hydrogens (tertiary/aromatic N) is 4. The summed E-state index contributed by atoms with van der Waals surface area (Å²) in [6, 6.07) is 10.1. The van der Waals surface area contributed by atoms with Crippen LogP contribution in [0.3, 0.4) is 0 Å². The Balaban J connectivity index is 1.84. The fourth-order valence-corrected chi connectivity index (χ4v) is 5.95. The minimum atomic E-state index is -2.30. The second kappa shape index (κ2) is 3.98. The van der Waals surface area contributed by atoms with Gasteiger partial charge in [-0.3, -0.25) is 0 Å². The minimum absolute atomic E-state index is 0.168. The molecule has 3 aliphatic rings. The van der Waals surface area contributed by atoms with Gasteiger partial charge in [-0.25, -0.2) is 8.51 Å². The van der Waals surface area contributed by atoms with Crippen molar-refractivity contribution in [2.75, 3.05) is 6.54 Å². The largest absolute Gasteiger partial charge is 0.249 e. The summed E-state index contributed by atoms with van der Waals surface area (Å²) in [5.74, 6) is 0.512. The smallest absolute Gasteiger partial charge is 0.179 e. The highest BCUT2D eigenvalue weighted by atomic mass is 32.2. The van der Waals surface area contributed by atoms with Gasteiger partial charge < -0.3 is 0 Å². The molecule has 0 spiro atoms. The zero-order valence-electron chi connectivity index (χ0n) is 10.4. The summed E-state index contributed by atoms with van der Waals surface area (Å²) in [5, 5.41) is 11.9. The standard InChI is InChI=1S/C13H14N4OS/c18-19(9-10-5-2-1-3-6-10)13-12(14-16-15-13)11-7-4-8-17(11)19/h1-3,5-6,11H,4,7-9H2. The quantitative estimate of drug-likeness (QED) is 0.759. The number of hydrogen-bond acceptors (Lipinski definition) is 4. The fourth-order valence-electron chi connectivity index (χ4n) is 3.07. The third-order valence-corrected chi connectivity index (χ3v) is 6.73. The van der Waals surface area contributed by atoms with Gasteiger partial charge in [-0.2, -0.15) is 0 Å². The Kier molecular flexibility index (Phi) is 2.37.